The first-order chi connectivity index (χ1) is 19.0. The van der Waals surface area contributed by atoms with E-state index in [1.807, 2.05) is 0 Å². The first-order valence-corrected chi connectivity index (χ1v) is 12.9. The van der Waals surface area contributed by atoms with Gasteiger partial charge in [-0.3, -0.25) is 14.5 Å². The standard InChI is InChI=1S/C23H24F3N9O4S/c1-12-5-14(33-39-12)8-29-21(38)34(2)17-15(9-36)35(11-30-17)22(3-4-22)20(37)32-16-10-40-18(31-16)13-6-27-19(28-7-13)23(24,25)26/h5-7,9-10,18,30-31H,3-4,8,11H2,1-2H3,(H,29,38)(H,32,37). The molecule has 40 heavy (non-hydrogen) atoms. The SMILES string of the molecule is Cc1cc(CNC(=O)N(C)C2=C(C=O)N(C3(C(=O)NC4=CSC(c5cnc(C(F)(F)F)nc5)N4)CC3)CN2)no1. The fourth-order valence-corrected chi connectivity index (χ4v) is 5.18. The topological polar surface area (TPSA) is 158 Å². The van der Waals surface area contributed by atoms with Gasteiger partial charge in [-0.2, -0.15) is 13.2 Å². The van der Waals surface area contributed by atoms with Crippen molar-refractivity contribution < 1.29 is 32.1 Å². The highest BCUT2D eigenvalue weighted by Gasteiger charge is 2.57. The number of alkyl halides is 3. The van der Waals surface area contributed by atoms with Gasteiger partial charge < -0.3 is 30.7 Å². The lowest BCUT2D eigenvalue weighted by molar-refractivity contribution is -0.145. The number of aryl methyl sites for hydroxylation is 1. The molecule has 212 valence electrons. The number of nitrogens with one attached hydrogen (secondary N) is 4. The van der Waals surface area contributed by atoms with Crippen LogP contribution in [0.15, 0.2) is 45.7 Å². The molecule has 1 aliphatic carbocycles. The van der Waals surface area contributed by atoms with Gasteiger partial charge in [-0.15, -0.1) is 11.8 Å². The van der Waals surface area contributed by atoms with Gasteiger partial charge >= 0.3 is 12.2 Å². The number of thioether (sulfide) groups is 1. The minimum Gasteiger partial charge on any atom is -0.361 e. The summed E-state index contributed by atoms with van der Waals surface area (Å²) >= 11 is 1.24. The van der Waals surface area contributed by atoms with E-state index in [1.165, 1.54) is 23.7 Å². The van der Waals surface area contributed by atoms with Crippen LogP contribution >= 0.6 is 11.8 Å². The summed E-state index contributed by atoms with van der Waals surface area (Å²) in [6.07, 6.45) is -0.929. The van der Waals surface area contributed by atoms with Crippen LogP contribution < -0.4 is 21.3 Å². The lowest BCUT2D eigenvalue weighted by Gasteiger charge is -2.28. The Hall–Kier alpha value is -4.28. The third-order valence-electron chi connectivity index (χ3n) is 6.54. The van der Waals surface area contributed by atoms with Crippen LogP contribution in [0.4, 0.5) is 18.0 Å². The van der Waals surface area contributed by atoms with Crippen LogP contribution in [-0.4, -0.2) is 62.4 Å². The molecule has 4 N–H and O–H groups in total. The second-order valence-electron chi connectivity index (χ2n) is 9.28. The van der Waals surface area contributed by atoms with E-state index in [9.17, 15) is 27.6 Å². The van der Waals surface area contributed by atoms with Gasteiger partial charge in [0.2, 0.25) is 5.82 Å². The summed E-state index contributed by atoms with van der Waals surface area (Å²) in [5, 5.41) is 16.5. The van der Waals surface area contributed by atoms with Gasteiger partial charge in [-0.25, -0.2) is 14.8 Å². The van der Waals surface area contributed by atoms with Crippen LogP contribution in [0.2, 0.25) is 0 Å². The smallest absolute Gasteiger partial charge is 0.361 e. The highest BCUT2D eigenvalue weighted by molar-refractivity contribution is 8.02. The summed E-state index contributed by atoms with van der Waals surface area (Å²) in [5.74, 6) is -0.390. The Bertz CT molecular complexity index is 1390. The van der Waals surface area contributed by atoms with Gasteiger partial charge in [0.15, 0.2) is 6.29 Å². The maximum Gasteiger partial charge on any atom is 0.451 e. The van der Waals surface area contributed by atoms with E-state index in [2.05, 4.69) is 36.4 Å². The second kappa shape index (κ2) is 10.4. The fourth-order valence-electron chi connectivity index (χ4n) is 4.31. The Balaban J connectivity index is 1.21. The molecule has 5 rings (SSSR count). The number of amides is 3. The molecule has 0 bridgehead atoms. The number of aldehydes is 1. The number of rotatable bonds is 8. The molecule has 1 saturated carbocycles. The normalized spacial score (nSPS) is 19.5. The Labute approximate surface area is 229 Å². The molecule has 1 fully saturated rings. The van der Waals surface area contributed by atoms with Gasteiger partial charge in [-0.1, -0.05) is 5.16 Å². The number of nitrogens with zero attached hydrogens (tertiary/aromatic N) is 5. The van der Waals surface area contributed by atoms with Crippen LogP contribution in [0.5, 0.6) is 0 Å². The van der Waals surface area contributed by atoms with E-state index in [0.29, 0.717) is 42.0 Å². The van der Waals surface area contributed by atoms with Crippen molar-refractivity contribution in [3.8, 4) is 0 Å². The molecule has 13 nitrogen and oxygen atoms in total. The number of carbonyl (C=O) groups excluding carboxylic acids is 3. The molecule has 0 aromatic carbocycles. The summed E-state index contributed by atoms with van der Waals surface area (Å²) in [6, 6.07) is 1.20. The van der Waals surface area contributed by atoms with Gasteiger partial charge in [0.25, 0.3) is 5.91 Å². The maximum atomic E-state index is 13.3. The molecular weight excluding hydrogens is 555 g/mol. The minimum absolute atomic E-state index is 0.125. The largest absolute Gasteiger partial charge is 0.451 e. The highest BCUT2D eigenvalue weighted by Crippen LogP contribution is 2.45. The Morgan fingerprint density at radius 3 is 2.65 bits per heavy atom. The zero-order chi connectivity index (χ0) is 28.7. The first kappa shape index (κ1) is 27.3. The Morgan fingerprint density at radius 2 is 2.05 bits per heavy atom. The zero-order valence-electron chi connectivity index (χ0n) is 21.2. The number of carbonyl (C=O) groups is 3. The average molecular weight is 580 g/mol. The third-order valence-corrected chi connectivity index (χ3v) is 7.57. The van der Waals surface area contributed by atoms with Crippen molar-refractivity contribution in [3.05, 3.63) is 64.0 Å². The highest BCUT2D eigenvalue weighted by atomic mass is 32.2. The molecular formula is C23H24F3N9O4S. The van der Waals surface area contributed by atoms with Crippen LogP contribution in [0, 0.1) is 6.92 Å². The molecule has 0 radical (unpaired) electrons. The van der Waals surface area contributed by atoms with Crippen LogP contribution in [0.1, 0.15) is 41.1 Å². The first-order valence-electron chi connectivity index (χ1n) is 12.0. The number of allylic oxidation sites excluding steroid dienone is 1. The van der Waals surface area contributed by atoms with E-state index in [1.54, 1.807) is 23.3 Å². The summed E-state index contributed by atoms with van der Waals surface area (Å²) in [7, 11) is 1.49. The number of hydrogen-bond acceptors (Lipinski definition) is 11. The van der Waals surface area contributed by atoms with Crippen molar-refractivity contribution in [2.24, 2.45) is 0 Å². The fraction of sp³-hybridized carbons (Fsp3) is 0.391. The van der Waals surface area contributed by atoms with Crippen molar-refractivity contribution in [2.75, 3.05) is 13.7 Å². The van der Waals surface area contributed by atoms with Crippen molar-refractivity contribution in [3.63, 3.8) is 0 Å². The molecule has 1 atom stereocenters. The van der Waals surface area contributed by atoms with Crippen molar-refractivity contribution in [2.45, 2.75) is 43.4 Å². The van der Waals surface area contributed by atoms with Crippen LogP contribution in [-0.2, 0) is 22.3 Å². The third kappa shape index (κ3) is 5.28. The van der Waals surface area contributed by atoms with E-state index < -0.39 is 28.9 Å². The van der Waals surface area contributed by atoms with E-state index in [-0.39, 0.29) is 30.6 Å². The molecule has 4 heterocycles. The average Bonchev–Trinajstić information content (AvgIpc) is 3.23. The van der Waals surface area contributed by atoms with Crippen molar-refractivity contribution in [1.82, 2.24) is 46.2 Å². The number of urea groups is 1. The molecule has 1 unspecified atom stereocenters. The maximum absolute atomic E-state index is 13.3. The van der Waals surface area contributed by atoms with Gasteiger partial charge in [0.1, 0.15) is 39.7 Å². The number of aromatic nitrogens is 3. The summed E-state index contributed by atoms with van der Waals surface area (Å²) in [5.41, 5.74) is 0.0901. The molecule has 2 aromatic heterocycles. The van der Waals surface area contributed by atoms with E-state index in [4.69, 9.17) is 4.52 Å². The minimum atomic E-state index is -4.64. The molecule has 0 saturated heterocycles. The molecule has 3 aliphatic rings. The van der Waals surface area contributed by atoms with Crippen molar-refractivity contribution >= 4 is 30.0 Å². The summed E-state index contributed by atoms with van der Waals surface area (Å²) in [4.78, 5) is 47.8. The molecule has 3 amide bonds. The van der Waals surface area contributed by atoms with Crippen LogP contribution in [0.3, 0.4) is 0 Å². The summed E-state index contributed by atoms with van der Waals surface area (Å²) < 4.78 is 43.2. The van der Waals surface area contributed by atoms with Gasteiger partial charge in [0.05, 0.1) is 13.2 Å². The number of hydrogen-bond donors (Lipinski definition) is 4. The molecule has 0 spiro atoms. The quantitative estimate of drug-likeness (QED) is 0.337. The Morgan fingerprint density at radius 1 is 1.32 bits per heavy atom. The van der Waals surface area contributed by atoms with Gasteiger partial charge in [-0.05, 0) is 19.8 Å². The zero-order valence-corrected chi connectivity index (χ0v) is 22.0. The van der Waals surface area contributed by atoms with Gasteiger partial charge in [0, 0.05) is 36.5 Å². The lowest BCUT2D eigenvalue weighted by atomic mass is 10.2. The van der Waals surface area contributed by atoms with Crippen LogP contribution in [0.25, 0.3) is 0 Å². The molecule has 2 aromatic rings. The molecule has 2 aliphatic heterocycles. The number of halogens is 3. The Kier molecular flexibility index (Phi) is 7.07. The predicted octanol–water partition coefficient (Wildman–Crippen LogP) is 1.65. The monoisotopic (exact) mass is 579 g/mol. The predicted molar refractivity (Wildman–Crippen MR) is 133 cm³/mol. The van der Waals surface area contributed by atoms with Crippen molar-refractivity contribution in [1.29, 1.82) is 0 Å². The summed E-state index contributed by atoms with van der Waals surface area (Å²) in [6.45, 7) is 1.99. The molecule has 17 heteroatoms. The van der Waals surface area contributed by atoms with E-state index in [0.717, 1.165) is 12.4 Å². The van der Waals surface area contributed by atoms with E-state index >= 15 is 0 Å². The lowest BCUT2D eigenvalue weighted by Crippen LogP contribution is -2.49. The second-order valence-corrected chi connectivity index (χ2v) is 10.3.